The topological polar surface area (TPSA) is 48.1 Å². The second-order valence-electron chi connectivity index (χ2n) is 2.91. The van der Waals surface area contributed by atoms with Crippen LogP contribution < -0.4 is 10.5 Å². The first-order valence-electron chi connectivity index (χ1n) is 4.10. The Morgan fingerprint density at radius 1 is 1.36 bits per heavy atom. The lowest BCUT2D eigenvalue weighted by Crippen LogP contribution is -1.93. The van der Waals surface area contributed by atoms with Crippen molar-refractivity contribution >= 4 is 32.4 Å². The third-order valence-electron chi connectivity index (χ3n) is 2.04. The van der Waals surface area contributed by atoms with Crippen molar-refractivity contribution in [1.29, 1.82) is 0 Å². The SMILES string of the molecule is COc1ncc(N)c2ccc(Br)cc12. The van der Waals surface area contributed by atoms with Crippen LogP contribution in [0.5, 0.6) is 5.88 Å². The summed E-state index contributed by atoms with van der Waals surface area (Å²) in [6.07, 6.45) is 1.61. The molecule has 3 nitrogen and oxygen atoms in total. The van der Waals surface area contributed by atoms with Gasteiger partial charge in [0, 0.05) is 15.2 Å². The number of halogens is 1. The molecule has 72 valence electrons. The Morgan fingerprint density at radius 2 is 2.14 bits per heavy atom. The van der Waals surface area contributed by atoms with Gasteiger partial charge in [-0.05, 0) is 12.1 Å². The molecule has 0 fully saturated rings. The molecule has 0 bridgehead atoms. The summed E-state index contributed by atoms with van der Waals surface area (Å²) in [5.41, 5.74) is 6.46. The highest BCUT2D eigenvalue weighted by Gasteiger charge is 2.05. The summed E-state index contributed by atoms with van der Waals surface area (Å²) in [7, 11) is 1.60. The minimum Gasteiger partial charge on any atom is -0.481 e. The summed E-state index contributed by atoms with van der Waals surface area (Å²) in [4.78, 5) is 4.10. The summed E-state index contributed by atoms with van der Waals surface area (Å²) >= 11 is 3.40. The molecule has 1 heterocycles. The number of benzene rings is 1. The van der Waals surface area contributed by atoms with Crippen LogP contribution in [-0.4, -0.2) is 12.1 Å². The van der Waals surface area contributed by atoms with Crippen LogP contribution in [0.3, 0.4) is 0 Å². The van der Waals surface area contributed by atoms with Gasteiger partial charge in [-0.3, -0.25) is 0 Å². The second kappa shape index (κ2) is 3.46. The molecule has 2 rings (SSSR count). The molecular weight excluding hydrogens is 244 g/mol. The minimum absolute atomic E-state index is 0.593. The number of rotatable bonds is 1. The number of anilines is 1. The molecule has 0 aliphatic carbocycles. The van der Waals surface area contributed by atoms with Gasteiger partial charge in [0.2, 0.25) is 5.88 Å². The van der Waals surface area contributed by atoms with Gasteiger partial charge < -0.3 is 10.5 Å². The lowest BCUT2D eigenvalue weighted by Gasteiger charge is -2.06. The monoisotopic (exact) mass is 252 g/mol. The zero-order valence-electron chi connectivity index (χ0n) is 7.62. The van der Waals surface area contributed by atoms with Crippen molar-refractivity contribution in [3.05, 3.63) is 28.9 Å². The Bertz CT molecular complexity index is 485. The van der Waals surface area contributed by atoms with Crippen LogP contribution in [0.25, 0.3) is 10.8 Å². The van der Waals surface area contributed by atoms with Gasteiger partial charge in [-0.25, -0.2) is 4.98 Å². The molecule has 2 N–H and O–H groups in total. The van der Waals surface area contributed by atoms with Crippen molar-refractivity contribution in [3.63, 3.8) is 0 Å². The molecule has 0 spiro atoms. The van der Waals surface area contributed by atoms with E-state index in [-0.39, 0.29) is 0 Å². The fourth-order valence-electron chi connectivity index (χ4n) is 1.38. The van der Waals surface area contributed by atoms with E-state index in [0.29, 0.717) is 11.6 Å². The number of nitrogen functional groups attached to an aromatic ring is 1. The summed E-state index contributed by atoms with van der Waals surface area (Å²) in [5, 5.41) is 1.88. The lowest BCUT2D eigenvalue weighted by atomic mass is 10.1. The maximum Gasteiger partial charge on any atom is 0.221 e. The zero-order valence-corrected chi connectivity index (χ0v) is 9.21. The molecule has 0 saturated heterocycles. The highest BCUT2D eigenvalue weighted by Crippen LogP contribution is 2.29. The van der Waals surface area contributed by atoms with Gasteiger partial charge >= 0.3 is 0 Å². The smallest absolute Gasteiger partial charge is 0.221 e. The van der Waals surface area contributed by atoms with Gasteiger partial charge in [0.05, 0.1) is 19.0 Å². The van der Waals surface area contributed by atoms with E-state index in [9.17, 15) is 0 Å². The predicted molar refractivity (Wildman–Crippen MR) is 60.4 cm³/mol. The number of nitrogens with two attached hydrogens (primary N) is 1. The largest absolute Gasteiger partial charge is 0.481 e. The van der Waals surface area contributed by atoms with Crippen LogP contribution in [0.1, 0.15) is 0 Å². The van der Waals surface area contributed by atoms with E-state index >= 15 is 0 Å². The van der Waals surface area contributed by atoms with Crippen LogP contribution >= 0.6 is 15.9 Å². The Hall–Kier alpha value is -1.29. The molecule has 1 aromatic heterocycles. The highest BCUT2D eigenvalue weighted by molar-refractivity contribution is 9.10. The van der Waals surface area contributed by atoms with E-state index in [1.807, 2.05) is 18.2 Å². The molecule has 1 aromatic carbocycles. The van der Waals surface area contributed by atoms with E-state index in [4.69, 9.17) is 10.5 Å². The predicted octanol–water partition coefficient (Wildman–Crippen LogP) is 2.59. The van der Waals surface area contributed by atoms with Gasteiger partial charge in [-0.2, -0.15) is 0 Å². The summed E-state index contributed by atoms with van der Waals surface area (Å²) in [6.45, 7) is 0. The number of nitrogens with zero attached hydrogens (tertiary/aromatic N) is 1. The normalized spacial score (nSPS) is 10.4. The maximum absolute atomic E-state index is 5.80. The molecule has 0 unspecified atom stereocenters. The minimum atomic E-state index is 0.593. The van der Waals surface area contributed by atoms with Crippen LogP contribution in [0.4, 0.5) is 5.69 Å². The van der Waals surface area contributed by atoms with Crippen LogP contribution in [-0.2, 0) is 0 Å². The third-order valence-corrected chi connectivity index (χ3v) is 2.53. The van der Waals surface area contributed by atoms with Crippen molar-refractivity contribution < 1.29 is 4.74 Å². The fourth-order valence-corrected chi connectivity index (χ4v) is 1.74. The first-order chi connectivity index (χ1) is 6.72. The van der Waals surface area contributed by atoms with E-state index in [1.165, 1.54) is 0 Å². The highest BCUT2D eigenvalue weighted by atomic mass is 79.9. The average molecular weight is 253 g/mol. The van der Waals surface area contributed by atoms with E-state index < -0.39 is 0 Å². The molecule has 0 radical (unpaired) electrons. The molecular formula is C10H9BrN2O. The van der Waals surface area contributed by atoms with Gasteiger partial charge in [-0.15, -0.1) is 0 Å². The fraction of sp³-hybridized carbons (Fsp3) is 0.100. The number of pyridine rings is 1. The molecule has 14 heavy (non-hydrogen) atoms. The molecule has 0 saturated carbocycles. The van der Waals surface area contributed by atoms with Crippen molar-refractivity contribution in [2.45, 2.75) is 0 Å². The first kappa shape index (κ1) is 9.27. The van der Waals surface area contributed by atoms with Gasteiger partial charge in [-0.1, -0.05) is 22.0 Å². The Morgan fingerprint density at radius 3 is 2.86 bits per heavy atom. The molecule has 4 heteroatoms. The number of hydrogen-bond donors (Lipinski definition) is 1. The Labute approximate surface area is 90.0 Å². The van der Waals surface area contributed by atoms with Crippen LogP contribution in [0.15, 0.2) is 28.9 Å². The Balaban J connectivity index is 2.85. The van der Waals surface area contributed by atoms with E-state index in [0.717, 1.165) is 15.2 Å². The maximum atomic E-state index is 5.80. The standard InChI is InChI=1S/C10H9BrN2O/c1-14-10-8-4-6(11)2-3-7(8)9(12)5-13-10/h2-5H,12H2,1H3. The van der Waals surface area contributed by atoms with E-state index in [2.05, 4.69) is 20.9 Å². The molecule has 2 aromatic rings. The zero-order chi connectivity index (χ0) is 10.1. The lowest BCUT2D eigenvalue weighted by molar-refractivity contribution is 0.403. The first-order valence-corrected chi connectivity index (χ1v) is 4.89. The van der Waals surface area contributed by atoms with Crippen molar-refractivity contribution in [3.8, 4) is 5.88 Å². The quantitative estimate of drug-likeness (QED) is 0.849. The molecule has 0 amide bonds. The summed E-state index contributed by atoms with van der Waals surface area (Å²) in [5.74, 6) is 0.593. The number of fused-ring (bicyclic) bond motifs is 1. The molecule has 0 atom stereocenters. The van der Waals surface area contributed by atoms with Crippen molar-refractivity contribution in [2.75, 3.05) is 12.8 Å². The van der Waals surface area contributed by atoms with Crippen molar-refractivity contribution in [2.24, 2.45) is 0 Å². The summed E-state index contributed by atoms with van der Waals surface area (Å²) in [6, 6.07) is 5.83. The van der Waals surface area contributed by atoms with Crippen molar-refractivity contribution in [1.82, 2.24) is 4.98 Å². The van der Waals surface area contributed by atoms with Gasteiger partial charge in [0.1, 0.15) is 0 Å². The molecule has 0 aliphatic rings. The van der Waals surface area contributed by atoms with Gasteiger partial charge in [0.15, 0.2) is 0 Å². The Kier molecular flexibility index (Phi) is 2.29. The number of aromatic nitrogens is 1. The number of methoxy groups -OCH3 is 1. The average Bonchev–Trinajstić information content (AvgIpc) is 2.18. The number of hydrogen-bond acceptors (Lipinski definition) is 3. The second-order valence-corrected chi connectivity index (χ2v) is 3.83. The third kappa shape index (κ3) is 1.42. The van der Waals surface area contributed by atoms with E-state index in [1.54, 1.807) is 13.3 Å². The summed E-state index contributed by atoms with van der Waals surface area (Å²) < 4.78 is 6.13. The number of ether oxygens (including phenoxy) is 1. The van der Waals surface area contributed by atoms with Crippen LogP contribution in [0, 0.1) is 0 Å². The van der Waals surface area contributed by atoms with Crippen LogP contribution in [0.2, 0.25) is 0 Å². The molecule has 0 aliphatic heterocycles. The van der Waals surface area contributed by atoms with Gasteiger partial charge in [0.25, 0.3) is 0 Å².